The Hall–Kier alpha value is -11.5. The van der Waals surface area contributed by atoms with Gasteiger partial charge in [-0.05, 0) is 120 Å². The third kappa shape index (κ3) is 7.46. The Morgan fingerprint density at radius 1 is 0.326 bits per heavy atom. The van der Waals surface area contributed by atoms with E-state index in [1.807, 2.05) is 72.8 Å². The van der Waals surface area contributed by atoms with Crippen molar-refractivity contribution in [3.8, 4) is 45.5 Å². The second-order valence-electron chi connectivity index (χ2n) is 21.6. The first-order chi connectivity index (χ1) is 54.1. The summed E-state index contributed by atoms with van der Waals surface area (Å²) < 4.78 is 232. The smallest absolute Gasteiger partial charge is 0.240 e. The molecule has 416 valence electrons. The third-order valence-corrected chi connectivity index (χ3v) is 21.6. The van der Waals surface area contributed by atoms with Crippen LogP contribution in [-0.2, 0) is 5.41 Å². The molecule has 0 saturated heterocycles. The number of fused-ring (bicyclic) bond motifs is 15. The molecular formula is C82H54N6Si. The molecule has 0 atom stereocenters. The van der Waals surface area contributed by atoms with Crippen molar-refractivity contribution in [3.05, 3.63) is 349 Å². The summed E-state index contributed by atoms with van der Waals surface area (Å²) in [6.07, 6.45) is 0. The summed E-state index contributed by atoms with van der Waals surface area (Å²) in [7, 11) is -5.07. The molecule has 13 aromatic carbocycles. The van der Waals surface area contributed by atoms with E-state index in [1.165, 1.54) is 0 Å². The van der Waals surface area contributed by atoms with Crippen molar-refractivity contribution in [2.75, 3.05) is 4.90 Å². The molecule has 0 unspecified atom stereocenters. The Kier molecular flexibility index (Phi) is 7.27. The van der Waals surface area contributed by atoms with Crippen LogP contribution < -0.4 is 25.6 Å². The lowest BCUT2D eigenvalue weighted by Crippen LogP contribution is -2.74. The molecule has 0 amide bonds. The van der Waals surface area contributed by atoms with Crippen molar-refractivity contribution < 1.29 is 32.9 Å². The number of benzene rings is 13. The zero-order valence-electron chi connectivity index (χ0n) is 70.5. The Labute approximate surface area is 549 Å². The van der Waals surface area contributed by atoms with E-state index in [0.29, 0.717) is 5.56 Å². The summed E-state index contributed by atoms with van der Waals surface area (Å²) in [5.41, 5.74) is 4.64. The molecule has 6 nitrogen and oxygen atoms in total. The van der Waals surface area contributed by atoms with Crippen LogP contribution in [0.2, 0.25) is 0 Å². The number of hydrogen-bond acceptors (Lipinski definition) is 4. The molecule has 1 aliphatic heterocycles. The van der Waals surface area contributed by atoms with Crippen molar-refractivity contribution in [1.82, 2.24) is 24.1 Å². The van der Waals surface area contributed by atoms with E-state index in [4.69, 9.17) is 25.9 Å². The first kappa shape index (κ1) is 32.3. The third-order valence-electron chi connectivity index (χ3n) is 17.2. The van der Waals surface area contributed by atoms with Crippen LogP contribution in [0.15, 0.2) is 327 Å². The minimum absolute atomic E-state index is 0.0981. The largest absolute Gasteiger partial charge is 0.310 e. The standard InChI is InChI=1S/C82H54N6Si/c1-4-26-58(27-5-1)86-77-45-22-16-39-71(77)82(72-40-17-23-46-78(72)86)69-38-15-10-33-63(69)68-54-56(49-52-70(68)82)55-47-50-61(51-48-55)89(59-28-6-2-7-29-59,60-30-8-3-9-31-60)62-32-24-25-57(53-62)79-83-80(87-73-41-18-11-34-64(73)65-35-12-19-42-74(65)87)85-81(84-79)88-75-43-20-13-36-66(75)67-37-14-21-44-76(67)88/h1-54H/i11D,12D,13D,14D,18D,19D,20D,21D,24D,25D,32D,34D,35D,36D,37D,41D,42D,43D,44D,47D,48D,50D,51D,53D. The lowest BCUT2D eigenvalue weighted by molar-refractivity contribution is 0.753. The first-order valence-corrected chi connectivity index (χ1v) is 30.6. The molecule has 18 rings (SSSR count). The highest BCUT2D eigenvalue weighted by atomic mass is 28.3. The van der Waals surface area contributed by atoms with E-state index in [-0.39, 0.29) is 21.1 Å². The van der Waals surface area contributed by atoms with Crippen LogP contribution >= 0.6 is 0 Å². The van der Waals surface area contributed by atoms with E-state index in [1.54, 1.807) is 66.7 Å². The minimum atomic E-state index is -5.07. The van der Waals surface area contributed by atoms with Crippen LogP contribution in [0.4, 0.5) is 17.1 Å². The quantitative estimate of drug-likeness (QED) is 0.107. The van der Waals surface area contributed by atoms with E-state index in [0.717, 1.165) is 59.6 Å². The Morgan fingerprint density at radius 3 is 1.33 bits per heavy atom. The van der Waals surface area contributed by atoms with Crippen LogP contribution in [0.3, 0.4) is 0 Å². The van der Waals surface area contributed by atoms with E-state index < -0.39 is 231 Å². The number of hydrogen-bond donors (Lipinski definition) is 0. The maximum absolute atomic E-state index is 11.0. The minimum Gasteiger partial charge on any atom is -0.310 e. The zero-order valence-corrected chi connectivity index (χ0v) is 47.5. The van der Waals surface area contributed by atoms with E-state index in [2.05, 4.69) is 47.4 Å². The summed E-state index contributed by atoms with van der Waals surface area (Å²) >= 11 is 0. The summed E-state index contributed by atoms with van der Waals surface area (Å²) in [5.74, 6) is -2.55. The van der Waals surface area contributed by atoms with Gasteiger partial charge in [0.25, 0.3) is 0 Å². The summed E-state index contributed by atoms with van der Waals surface area (Å²) in [6.45, 7) is 0. The van der Waals surface area contributed by atoms with Gasteiger partial charge in [-0.1, -0.05) is 273 Å². The molecule has 3 aromatic heterocycles. The molecule has 0 radical (unpaired) electrons. The highest BCUT2D eigenvalue weighted by Crippen LogP contribution is 2.63. The van der Waals surface area contributed by atoms with Crippen molar-refractivity contribution >= 4 is 89.5 Å². The van der Waals surface area contributed by atoms with Gasteiger partial charge in [0.1, 0.15) is 0 Å². The fraction of sp³-hybridized carbons (Fsp3) is 0.0122. The maximum Gasteiger partial charge on any atom is 0.240 e. The van der Waals surface area contributed by atoms with Gasteiger partial charge in [-0.2, -0.15) is 15.0 Å². The normalized spacial score (nSPS) is 16.8. The molecule has 0 saturated carbocycles. The Bertz CT molecular complexity index is 6510. The van der Waals surface area contributed by atoms with Gasteiger partial charge in [0.15, 0.2) is 13.9 Å². The van der Waals surface area contributed by atoms with Gasteiger partial charge in [0.05, 0.1) is 71.8 Å². The SMILES string of the molecule is [2H]c1c([2H])c(-c2nc(-n3c4c([2H])c([2H])c([2H])c([2H])c4c4c([2H])c([2H])c([2H])c([2H])c43)nc(-n3c4c([2H])c([2H])c([2H])c([2H])c4c4c([2H])c([2H])c([2H])c([2H])c43)n2)c([2H])c([Si](c2ccccc2)(c2ccccc2)c2c([2H])c([2H])c(-c3ccc4c(c3)-c3ccccc3C43c4ccccc4N(c4ccccc4)c4ccccc43)c([2H])c2[2H])c1[2H]. The Balaban J connectivity index is 0.935. The molecule has 1 aliphatic carbocycles. The maximum atomic E-state index is 11.0. The van der Waals surface area contributed by atoms with Gasteiger partial charge in [-0.25, -0.2) is 0 Å². The molecule has 0 fully saturated rings. The van der Waals surface area contributed by atoms with Crippen molar-refractivity contribution in [2.45, 2.75) is 5.41 Å². The number of aromatic nitrogens is 5. The molecule has 2 aliphatic rings. The highest BCUT2D eigenvalue weighted by molar-refractivity contribution is 7.20. The molecule has 4 heterocycles. The molecule has 89 heavy (non-hydrogen) atoms. The first-order valence-electron chi connectivity index (χ1n) is 40.6. The molecular weight excluding hydrogens is 1100 g/mol. The number of anilines is 3. The summed E-state index contributed by atoms with van der Waals surface area (Å²) in [5, 5.41) is -2.06. The predicted molar refractivity (Wildman–Crippen MR) is 369 cm³/mol. The number of rotatable bonds is 9. The summed E-state index contributed by atoms with van der Waals surface area (Å²) in [4.78, 5) is 16.8. The van der Waals surface area contributed by atoms with Crippen LogP contribution in [-0.4, -0.2) is 32.2 Å². The topological polar surface area (TPSA) is 51.8 Å². The second-order valence-corrected chi connectivity index (χ2v) is 25.2. The fourth-order valence-electron chi connectivity index (χ4n) is 13.6. The van der Waals surface area contributed by atoms with Crippen LogP contribution in [0.5, 0.6) is 0 Å². The highest BCUT2D eigenvalue weighted by Gasteiger charge is 2.52. The average Bonchev–Trinajstić information content (AvgIpc) is 1.63. The summed E-state index contributed by atoms with van der Waals surface area (Å²) in [6, 6.07) is 37.9. The Morgan fingerprint density at radius 2 is 0.787 bits per heavy atom. The molecule has 16 aromatic rings. The number of nitrogens with zero attached hydrogens (tertiary/aromatic N) is 6. The fourth-order valence-corrected chi connectivity index (χ4v) is 17.7. The lowest BCUT2D eigenvalue weighted by atomic mass is 9.64. The van der Waals surface area contributed by atoms with Gasteiger partial charge in [-0.3, -0.25) is 9.13 Å². The molecule has 1 spiro atoms. The number of para-hydroxylation sites is 7. The predicted octanol–water partition coefficient (Wildman–Crippen LogP) is 16.9. The second kappa shape index (κ2) is 20.0. The average molecular weight is 1180 g/mol. The lowest BCUT2D eigenvalue weighted by Gasteiger charge is -2.45. The van der Waals surface area contributed by atoms with Crippen molar-refractivity contribution in [3.63, 3.8) is 0 Å². The van der Waals surface area contributed by atoms with E-state index in [9.17, 15) is 21.9 Å². The van der Waals surface area contributed by atoms with Gasteiger partial charge in [-0.15, -0.1) is 0 Å². The van der Waals surface area contributed by atoms with Crippen molar-refractivity contribution in [1.29, 1.82) is 0 Å². The molecule has 0 N–H and O–H groups in total. The van der Waals surface area contributed by atoms with Gasteiger partial charge >= 0.3 is 0 Å². The monoisotopic (exact) mass is 1170 g/mol. The van der Waals surface area contributed by atoms with Crippen LogP contribution in [0.1, 0.15) is 55.2 Å². The molecule has 0 bridgehead atoms. The zero-order chi connectivity index (χ0) is 79.5. The van der Waals surface area contributed by atoms with Gasteiger partial charge < -0.3 is 4.90 Å². The van der Waals surface area contributed by atoms with Gasteiger partial charge in [0.2, 0.25) is 11.9 Å². The molecule has 7 heteroatoms. The van der Waals surface area contributed by atoms with Crippen LogP contribution in [0.25, 0.3) is 89.2 Å². The van der Waals surface area contributed by atoms with E-state index >= 15 is 0 Å². The van der Waals surface area contributed by atoms with Crippen molar-refractivity contribution in [2.24, 2.45) is 0 Å². The van der Waals surface area contributed by atoms with Gasteiger partial charge in [0, 0.05) is 32.8 Å². The van der Waals surface area contributed by atoms with Crippen LogP contribution in [0, 0.1) is 0 Å².